The maximum absolute atomic E-state index is 12.9. The van der Waals surface area contributed by atoms with Gasteiger partial charge in [0.1, 0.15) is 0 Å². The minimum absolute atomic E-state index is 0.107. The number of alkyl halides is 2. The molecule has 0 aromatic heterocycles. The number of nitro groups is 1. The SMILES string of the molecule is Cc1ccc(NC(=O)COC(=O)c2ccc(N3C(=O)[C@H]4C[C@@H](Cl)[C@@H](Cl)C[C@H]4C3=O)cc2)cc1[N+](=O)[O-]. The van der Waals surface area contributed by atoms with Gasteiger partial charge in [-0.2, -0.15) is 0 Å². The molecule has 0 spiro atoms. The highest BCUT2D eigenvalue weighted by Gasteiger charge is 2.52. The molecule has 0 radical (unpaired) electrons. The first kappa shape index (κ1) is 25.6. The number of nitro benzene ring substituents is 1. The number of hydrogen-bond acceptors (Lipinski definition) is 7. The van der Waals surface area contributed by atoms with Crippen LogP contribution in [0.5, 0.6) is 0 Å². The molecule has 2 aromatic rings. The Morgan fingerprint density at radius 2 is 1.64 bits per heavy atom. The fourth-order valence-electron chi connectivity index (χ4n) is 4.39. The highest BCUT2D eigenvalue weighted by atomic mass is 35.5. The van der Waals surface area contributed by atoms with E-state index in [2.05, 4.69) is 5.32 Å². The van der Waals surface area contributed by atoms with Crippen molar-refractivity contribution in [2.45, 2.75) is 30.5 Å². The standard InChI is InChI=1S/C24H21Cl2N3O7/c1-12-2-5-14(8-20(12)29(34)35)27-21(30)11-36-24(33)13-3-6-15(7-4-13)28-22(31)16-9-18(25)19(26)10-17(16)23(28)32/h2-8,16-19H,9-11H2,1H3,(H,27,30)/t16-,17+,18+,19-. The lowest BCUT2D eigenvalue weighted by molar-refractivity contribution is -0.385. The van der Waals surface area contributed by atoms with E-state index in [0.717, 1.165) is 4.90 Å². The molecule has 12 heteroatoms. The van der Waals surface area contributed by atoms with Gasteiger partial charge in [-0.1, -0.05) is 6.07 Å². The minimum atomic E-state index is -0.797. The van der Waals surface area contributed by atoms with E-state index in [1.807, 2.05) is 0 Å². The van der Waals surface area contributed by atoms with Crippen molar-refractivity contribution in [3.8, 4) is 0 Å². The molecule has 3 amide bonds. The molecule has 1 saturated carbocycles. The number of nitrogens with zero attached hydrogens (tertiary/aromatic N) is 2. The van der Waals surface area contributed by atoms with Crippen LogP contribution in [0.2, 0.25) is 0 Å². The minimum Gasteiger partial charge on any atom is -0.452 e. The first-order valence-corrected chi connectivity index (χ1v) is 11.9. The van der Waals surface area contributed by atoms with E-state index in [4.69, 9.17) is 27.9 Å². The lowest BCUT2D eigenvalue weighted by atomic mass is 9.80. The number of anilines is 2. The molecule has 1 aliphatic carbocycles. The van der Waals surface area contributed by atoms with Gasteiger partial charge in [0, 0.05) is 17.3 Å². The number of ether oxygens (including phenoxy) is 1. The summed E-state index contributed by atoms with van der Waals surface area (Å²) in [7, 11) is 0. The van der Waals surface area contributed by atoms with Gasteiger partial charge in [0.15, 0.2) is 6.61 Å². The number of carbonyl (C=O) groups is 4. The van der Waals surface area contributed by atoms with E-state index in [1.54, 1.807) is 6.92 Å². The predicted molar refractivity (Wildman–Crippen MR) is 131 cm³/mol. The first-order valence-electron chi connectivity index (χ1n) is 11.0. The summed E-state index contributed by atoms with van der Waals surface area (Å²) < 4.78 is 5.01. The van der Waals surface area contributed by atoms with Gasteiger partial charge in [0.05, 0.1) is 38.8 Å². The fourth-order valence-corrected chi connectivity index (χ4v) is 4.98. The fraction of sp³-hybridized carbons (Fsp3) is 0.333. The van der Waals surface area contributed by atoms with Crippen LogP contribution in [-0.2, 0) is 19.1 Å². The molecule has 4 rings (SSSR count). The zero-order chi connectivity index (χ0) is 26.1. The molecule has 1 aliphatic heterocycles. The Kier molecular flexibility index (Phi) is 7.28. The Hall–Kier alpha value is -3.50. The molecule has 0 bridgehead atoms. The second-order valence-electron chi connectivity index (χ2n) is 8.66. The zero-order valence-electron chi connectivity index (χ0n) is 19.0. The average molecular weight is 534 g/mol. The second-order valence-corrected chi connectivity index (χ2v) is 9.78. The summed E-state index contributed by atoms with van der Waals surface area (Å²) in [6, 6.07) is 9.88. The van der Waals surface area contributed by atoms with Gasteiger partial charge in [0.25, 0.3) is 11.6 Å². The van der Waals surface area contributed by atoms with Gasteiger partial charge >= 0.3 is 5.97 Å². The van der Waals surface area contributed by atoms with Crippen molar-refractivity contribution in [3.05, 3.63) is 63.7 Å². The summed E-state index contributed by atoms with van der Waals surface area (Å²) >= 11 is 12.4. The van der Waals surface area contributed by atoms with Crippen LogP contribution in [0, 0.1) is 28.9 Å². The van der Waals surface area contributed by atoms with Crippen LogP contribution < -0.4 is 10.2 Å². The topological polar surface area (TPSA) is 136 Å². The van der Waals surface area contributed by atoms with E-state index >= 15 is 0 Å². The van der Waals surface area contributed by atoms with Crippen LogP contribution in [0.15, 0.2) is 42.5 Å². The number of rotatable bonds is 6. The van der Waals surface area contributed by atoms with Crippen LogP contribution >= 0.6 is 23.2 Å². The number of fused-ring (bicyclic) bond motifs is 1. The molecule has 2 aliphatic rings. The number of carbonyl (C=O) groups excluding carboxylic acids is 4. The molecule has 188 valence electrons. The van der Waals surface area contributed by atoms with Crippen molar-refractivity contribution in [1.29, 1.82) is 0 Å². The van der Waals surface area contributed by atoms with E-state index in [0.29, 0.717) is 24.1 Å². The lowest BCUT2D eigenvalue weighted by Gasteiger charge is -2.28. The van der Waals surface area contributed by atoms with Crippen molar-refractivity contribution < 1.29 is 28.8 Å². The lowest BCUT2D eigenvalue weighted by Crippen LogP contribution is -2.34. The molecule has 1 heterocycles. The third kappa shape index (κ3) is 5.05. The summed E-state index contributed by atoms with van der Waals surface area (Å²) in [5, 5.41) is 12.7. The number of hydrogen-bond donors (Lipinski definition) is 1. The molecule has 2 fully saturated rings. The van der Waals surface area contributed by atoms with Crippen LogP contribution in [0.3, 0.4) is 0 Å². The molecule has 1 saturated heterocycles. The van der Waals surface area contributed by atoms with Gasteiger partial charge < -0.3 is 10.1 Å². The number of halogens is 2. The smallest absolute Gasteiger partial charge is 0.338 e. The van der Waals surface area contributed by atoms with Gasteiger partial charge in [-0.25, -0.2) is 4.79 Å². The Labute approximate surface area is 215 Å². The molecule has 4 atom stereocenters. The van der Waals surface area contributed by atoms with Gasteiger partial charge in [0.2, 0.25) is 11.8 Å². The van der Waals surface area contributed by atoms with Crippen LogP contribution in [0.4, 0.5) is 17.1 Å². The number of amides is 3. The summed E-state index contributed by atoms with van der Waals surface area (Å²) in [6.45, 7) is 0.956. The maximum atomic E-state index is 12.9. The summed E-state index contributed by atoms with van der Waals surface area (Å²) in [6.07, 6.45) is 0.647. The second kappa shape index (κ2) is 10.2. The number of benzene rings is 2. The largest absolute Gasteiger partial charge is 0.452 e. The third-order valence-electron chi connectivity index (χ3n) is 6.30. The number of nitrogens with one attached hydrogen (secondary N) is 1. The quantitative estimate of drug-likeness (QED) is 0.196. The van der Waals surface area contributed by atoms with E-state index in [1.165, 1.54) is 42.5 Å². The number of esters is 1. The monoisotopic (exact) mass is 533 g/mol. The van der Waals surface area contributed by atoms with Gasteiger partial charge in [-0.05, 0) is 50.1 Å². The summed E-state index contributed by atoms with van der Waals surface area (Å²) in [5.74, 6) is -3.20. The third-order valence-corrected chi connectivity index (χ3v) is 7.39. The Morgan fingerprint density at radius 3 is 2.19 bits per heavy atom. The molecule has 10 nitrogen and oxygen atoms in total. The van der Waals surface area contributed by atoms with E-state index in [9.17, 15) is 29.3 Å². The van der Waals surface area contributed by atoms with Crippen LogP contribution in [0.25, 0.3) is 0 Å². The van der Waals surface area contributed by atoms with E-state index in [-0.39, 0.29) is 39.5 Å². The molecule has 2 aromatic carbocycles. The molecule has 0 unspecified atom stereocenters. The first-order chi connectivity index (χ1) is 17.1. The number of imide groups is 1. The Morgan fingerprint density at radius 1 is 1.06 bits per heavy atom. The van der Waals surface area contributed by atoms with Gasteiger partial charge in [-0.3, -0.25) is 29.4 Å². The average Bonchev–Trinajstić information content (AvgIpc) is 3.08. The maximum Gasteiger partial charge on any atom is 0.338 e. The highest BCUT2D eigenvalue weighted by Crippen LogP contribution is 2.43. The van der Waals surface area contributed by atoms with Crippen LogP contribution in [-0.4, -0.2) is 46.0 Å². The molecule has 1 N–H and O–H groups in total. The van der Waals surface area contributed by atoms with Crippen molar-refractivity contribution in [2.75, 3.05) is 16.8 Å². The van der Waals surface area contributed by atoms with Crippen molar-refractivity contribution in [2.24, 2.45) is 11.8 Å². The zero-order valence-corrected chi connectivity index (χ0v) is 20.5. The van der Waals surface area contributed by atoms with Crippen molar-refractivity contribution in [1.82, 2.24) is 0 Å². The van der Waals surface area contributed by atoms with Crippen molar-refractivity contribution in [3.63, 3.8) is 0 Å². The Bertz CT molecular complexity index is 1220. The molecule has 36 heavy (non-hydrogen) atoms. The van der Waals surface area contributed by atoms with Gasteiger partial charge in [-0.15, -0.1) is 23.2 Å². The molecular weight excluding hydrogens is 513 g/mol. The Balaban J connectivity index is 1.36. The highest BCUT2D eigenvalue weighted by molar-refractivity contribution is 6.31. The number of aryl methyl sites for hydroxylation is 1. The predicted octanol–water partition coefficient (Wildman–Crippen LogP) is 3.81. The summed E-state index contributed by atoms with van der Waals surface area (Å²) in [5.41, 5.74) is 0.904. The van der Waals surface area contributed by atoms with Crippen molar-refractivity contribution >= 4 is 64.0 Å². The summed E-state index contributed by atoms with van der Waals surface area (Å²) in [4.78, 5) is 61.8. The normalized spacial score (nSPS) is 23.2. The van der Waals surface area contributed by atoms with Crippen LogP contribution in [0.1, 0.15) is 28.8 Å². The van der Waals surface area contributed by atoms with E-state index < -0.39 is 35.2 Å². The molecular formula is C24H21Cl2N3O7.